The van der Waals surface area contributed by atoms with Crippen LogP contribution in [0.1, 0.15) is 43.4 Å². The summed E-state index contributed by atoms with van der Waals surface area (Å²) >= 11 is 0. The number of benzene rings is 3. The zero-order valence-corrected chi connectivity index (χ0v) is 27.0. The predicted octanol–water partition coefficient (Wildman–Crippen LogP) is 4.48. The molecule has 3 aromatic carbocycles. The van der Waals surface area contributed by atoms with Gasteiger partial charge in [-0.15, -0.1) is 0 Å². The first-order valence-corrected chi connectivity index (χ1v) is 15.4. The average Bonchev–Trinajstić information content (AvgIpc) is 3.37. The van der Waals surface area contributed by atoms with Gasteiger partial charge in [-0.3, -0.25) is 9.59 Å². The van der Waals surface area contributed by atoms with Crippen LogP contribution in [0.3, 0.4) is 0 Å². The summed E-state index contributed by atoms with van der Waals surface area (Å²) in [6, 6.07) is 21.2. The van der Waals surface area contributed by atoms with Gasteiger partial charge in [-0.05, 0) is 59.8 Å². The number of nitrogens with zero attached hydrogens (tertiary/aromatic N) is 1. The standard InChI is InChI=1S/C35H43N5O6/c1-22(2)31(39-34(43)45-21-30-28-12-8-6-10-26(28)27-11-7-9-13-29(27)30)33(42)37-23(3)32(41)38-25-16-14-24(15-17-25)20-46-35(44)40(5)19-18-36-4/h6-17,22-23,30-31,36H,18-21H2,1-5H3,(H,37,42)(H,38,41)(H,39,43)/t23-,31-/m1/s1. The molecule has 0 spiro atoms. The molecular formula is C35H43N5O6. The van der Waals surface area contributed by atoms with E-state index in [1.165, 1.54) is 4.90 Å². The monoisotopic (exact) mass is 629 g/mol. The number of alkyl carbamates (subject to hydrolysis) is 1. The molecule has 0 aliphatic heterocycles. The van der Waals surface area contributed by atoms with Gasteiger partial charge in [-0.2, -0.15) is 0 Å². The lowest BCUT2D eigenvalue weighted by molar-refractivity contribution is -0.128. The van der Waals surface area contributed by atoms with Crippen molar-refractivity contribution in [2.24, 2.45) is 5.92 Å². The Kier molecular flexibility index (Phi) is 11.7. The number of ether oxygens (including phenoxy) is 2. The number of nitrogens with one attached hydrogen (secondary N) is 4. The Morgan fingerprint density at radius 3 is 2.00 bits per heavy atom. The molecule has 0 fully saturated rings. The molecule has 0 heterocycles. The highest BCUT2D eigenvalue weighted by molar-refractivity contribution is 5.98. The van der Waals surface area contributed by atoms with Gasteiger partial charge in [0.1, 0.15) is 25.3 Å². The Morgan fingerprint density at radius 2 is 1.41 bits per heavy atom. The van der Waals surface area contributed by atoms with Crippen LogP contribution in [0.2, 0.25) is 0 Å². The normalized spacial score (nSPS) is 13.2. The van der Waals surface area contributed by atoms with Gasteiger partial charge in [0.25, 0.3) is 0 Å². The van der Waals surface area contributed by atoms with Crippen LogP contribution in [0.15, 0.2) is 72.8 Å². The van der Waals surface area contributed by atoms with Gasteiger partial charge in [0.15, 0.2) is 0 Å². The number of amides is 4. The first-order valence-electron chi connectivity index (χ1n) is 15.4. The third kappa shape index (κ3) is 8.63. The Bertz CT molecular complexity index is 1480. The second-order valence-electron chi connectivity index (χ2n) is 11.7. The molecular weight excluding hydrogens is 586 g/mol. The van der Waals surface area contributed by atoms with Gasteiger partial charge in [0, 0.05) is 31.7 Å². The van der Waals surface area contributed by atoms with Crippen molar-refractivity contribution < 1.29 is 28.7 Å². The van der Waals surface area contributed by atoms with E-state index in [4.69, 9.17) is 9.47 Å². The number of carbonyl (C=O) groups is 4. The molecule has 3 aromatic rings. The molecule has 11 nitrogen and oxygen atoms in total. The van der Waals surface area contributed by atoms with Gasteiger partial charge in [-0.1, -0.05) is 74.5 Å². The van der Waals surface area contributed by atoms with Crippen LogP contribution >= 0.6 is 0 Å². The van der Waals surface area contributed by atoms with Crippen LogP contribution in [0.5, 0.6) is 0 Å². The molecule has 1 aliphatic rings. The zero-order valence-electron chi connectivity index (χ0n) is 27.0. The summed E-state index contributed by atoms with van der Waals surface area (Å²) in [5.41, 5.74) is 5.71. The van der Waals surface area contributed by atoms with Crippen molar-refractivity contribution in [3.8, 4) is 11.1 Å². The van der Waals surface area contributed by atoms with Crippen molar-refractivity contribution in [1.82, 2.24) is 20.9 Å². The van der Waals surface area contributed by atoms with E-state index in [2.05, 4.69) is 33.4 Å². The van der Waals surface area contributed by atoms with Gasteiger partial charge in [0.05, 0.1) is 0 Å². The number of fused-ring (bicyclic) bond motifs is 3. The van der Waals surface area contributed by atoms with Gasteiger partial charge < -0.3 is 35.6 Å². The Hall–Kier alpha value is -4.90. The first kappa shape index (κ1) is 34.0. The maximum absolute atomic E-state index is 13.1. The fraction of sp³-hybridized carbons (Fsp3) is 0.371. The van der Waals surface area contributed by atoms with E-state index in [0.717, 1.165) is 27.8 Å². The maximum Gasteiger partial charge on any atom is 0.409 e. The van der Waals surface area contributed by atoms with E-state index in [0.29, 0.717) is 18.8 Å². The molecule has 4 N–H and O–H groups in total. The van der Waals surface area contributed by atoms with Crippen LogP contribution in [-0.4, -0.2) is 74.8 Å². The summed E-state index contributed by atoms with van der Waals surface area (Å²) in [7, 11) is 3.47. The quantitative estimate of drug-likeness (QED) is 0.219. The van der Waals surface area contributed by atoms with Crippen LogP contribution in [-0.2, 0) is 25.7 Å². The van der Waals surface area contributed by atoms with Crippen molar-refractivity contribution in [1.29, 1.82) is 0 Å². The summed E-state index contributed by atoms with van der Waals surface area (Å²) in [6.45, 7) is 6.58. The highest BCUT2D eigenvalue weighted by Gasteiger charge is 2.31. The van der Waals surface area contributed by atoms with Crippen molar-refractivity contribution in [2.45, 2.75) is 45.4 Å². The molecule has 1 aliphatic carbocycles. The third-order valence-corrected chi connectivity index (χ3v) is 7.91. The summed E-state index contributed by atoms with van der Waals surface area (Å²) in [6.07, 6.45) is -1.13. The summed E-state index contributed by atoms with van der Waals surface area (Å²) in [5.74, 6) is -1.29. The molecule has 0 unspecified atom stereocenters. The molecule has 0 saturated heterocycles. The van der Waals surface area contributed by atoms with Crippen molar-refractivity contribution in [2.75, 3.05) is 39.1 Å². The maximum atomic E-state index is 13.1. The smallest absolute Gasteiger partial charge is 0.409 e. The largest absolute Gasteiger partial charge is 0.449 e. The SMILES string of the molecule is CNCCN(C)C(=O)OCc1ccc(NC(=O)[C@@H](C)NC(=O)[C@H](NC(=O)OCC2c3ccccc3-c3ccccc32)C(C)C)cc1. The first-order chi connectivity index (χ1) is 22.1. The third-order valence-electron chi connectivity index (χ3n) is 7.91. The van der Waals surface area contributed by atoms with E-state index in [1.807, 2.05) is 43.4 Å². The molecule has 244 valence electrons. The minimum Gasteiger partial charge on any atom is -0.449 e. The molecule has 0 bridgehead atoms. The van der Waals surface area contributed by atoms with Gasteiger partial charge in [-0.25, -0.2) is 9.59 Å². The topological polar surface area (TPSA) is 138 Å². The van der Waals surface area contributed by atoms with Crippen molar-refractivity contribution >= 4 is 29.7 Å². The number of rotatable bonds is 13. The Morgan fingerprint density at radius 1 is 0.804 bits per heavy atom. The fourth-order valence-corrected chi connectivity index (χ4v) is 5.23. The van der Waals surface area contributed by atoms with E-state index in [9.17, 15) is 19.2 Å². The Labute approximate surface area is 270 Å². The molecule has 4 rings (SSSR count). The number of hydrogen-bond acceptors (Lipinski definition) is 7. The second-order valence-corrected chi connectivity index (χ2v) is 11.7. The highest BCUT2D eigenvalue weighted by atomic mass is 16.6. The van der Waals surface area contributed by atoms with Crippen molar-refractivity contribution in [3.05, 3.63) is 89.5 Å². The van der Waals surface area contributed by atoms with Gasteiger partial charge in [0.2, 0.25) is 11.8 Å². The van der Waals surface area contributed by atoms with Crippen molar-refractivity contribution in [3.63, 3.8) is 0 Å². The molecule has 46 heavy (non-hydrogen) atoms. The van der Waals surface area contributed by atoms with Crippen LogP contribution in [0.25, 0.3) is 11.1 Å². The van der Waals surface area contributed by atoms with Gasteiger partial charge >= 0.3 is 12.2 Å². The van der Waals surface area contributed by atoms with Crippen LogP contribution in [0, 0.1) is 5.92 Å². The molecule has 11 heteroatoms. The molecule has 0 saturated carbocycles. The number of hydrogen-bond donors (Lipinski definition) is 4. The molecule has 0 aromatic heterocycles. The van der Waals surface area contributed by atoms with E-state index in [1.54, 1.807) is 52.1 Å². The average molecular weight is 630 g/mol. The molecule has 2 atom stereocenters. The number of likely N-dealkylation sites (N-methyl/N-ethyl adjacent to an activating group) is 2. The lowest BCUT2D eigenvalue weighted by Crippen LogP contribution is -2.53. The number of carbonyl (C=O) groups excluding carboxylic acids is 4. The highest BCUT2D eigenvalue weighted by Crippen LogP contribution is 2.44. The van der Waals surface area contributed by atoms with E-state index < -0.39 is 36.1 Å². The molecule has 0 radical (unpaired) electrons. The lowest BCUT2D eigenvalue weighted by atomic mass is 9.98. The minimum absolute atomic E-state index is 0.0939. The number of anilines is 1. The van der Waals surface area contributed by atoms with E-state index in [-0.39, 0.29) is 25.0 Å². The fourth-order valence-electron chi connectivity index (χ4n) is 5.23. The Balaban J connectivity index is 1.25. The second kappa shape index (κ2) is 15.9. The molecule has 4 amide bonds. The van der Waals surface area contributed by atoms with Crippen LogP contribution in [0.4, 0.5) is 15.3 Å². The summed E-state index contributed by atoms with van der Waals surface area (Å²) < 4.78 is 10.9. The lowest BCUT2D eigenvalue weighted by Gasteiger charge is -2.24. The van der Waals surface area contributed by atoms with E-state index >= 15 is 0 Å². The zero-order chi connectivity index (χ0) is 33.2. The summed E-state index contributed by atoms with van der Waals surface area (Å²) in [4.78, 5) is 52.4. The minimum atomic E-state index is -0.912. The predicted molar refractivity (Wildman–Crippen MR) is 176 cm³/mol. The summed E-state index contributed by atoms with van der Waals surface area (Å²) in [5, 5.41) is 11.1. The van der Waals surface area contributed by atoms with Crippen LogP contribution < -0.4 is 21.3 Å².